The molecule has 1 aliphatic heterocycles. The van der Waals surface area contributed by atoms with Gasteiger partial charge < -0.3 is 10.1 Å². The summed E-state index contributed by atoms with van der Waals surface area (Å²) in [6.45, 7) is 1.82. The predicted molar refractivity (Wildman–Crippen MR) is 69.9 cm³/mol. The van der Waals surface area contributed by atoms with Crippen molar-refractivity contribution in [2.24, 2.45) is 5.92 Å². The third-order valence-corrected chi connectivity index (χ3v) is 4.19. The van der Waals surface area contributed by atoms with Crippen LogP contribution in [0.5, 0.6) is 0 Å². The van der Waals surface area contributed by atoms with E-state index in [0.29, 0.717) is 5.92 Å². The molecule has 1 heterocycles. The Balaban J connectivity index is 2.19. The van der Waals surface area contributed by atoms with Gasteiger partial charge in [0.15, 0.2) is 0 Å². The molecule has 1 N–H and O–H groups in total. The molecule has 1 saturated heterocycles. The second-order valence-electron chi connectivity index (χ2n) is 4.07. The molecule has 0 aromatic heterocycles. The average Bonchev–Trinajstić information content (AvgIpc) is 2.71. The van der Waals surface area contributed by atoms with Gasteiger partial charge in [0, 0.05) is 23.5 Å². The topological polar surface area (TPSA) is 21.3 Å². The zero-order valence-electron chi connectivity index (χ0n) is 9.17. The molecule has 2 nitrogen and oxygen atoms in total. The van der Waals surface area contributed by atoms with Gasteiger partial charge in [-0.25, -0.2) is 0 Å². The third-order valence-electron chi connectivity index (χ3n) is 2.95. The molecule has 0 radical (unpaired) electrons. The van der Waals surface area contributed by atoms with Crippen LogP contribution in [0, 0.1) is 5.92 Å². The van der Waals surface area contributed by atoms with Crippen molar-refractivity contribution in [1.29, 1.82) is 0 Å². The van der Waals surface area contributed by atoms with Gasteiger partial charge in [-0.2, -0.15) is 0 Å². The average molecular weight is 305 g/mol. The number of benzene rings is 1. The van der Waals surface area contributed by atoms with Crippen molar-refractivity contribution in [1.82, 2.24) is 5.32 Å². The Kier molecular flexibility index (Phi) is 4.25. The fourth-order valence-electron chi connectivity index (χ4n) is 2.16. The quantitative estimate of drug-likeness (QED) is 0.924. The molecule has 0 aliphatic carbocycles. The molecule has 4 heteroatoms. The fraction of sp³-hybridized carbons (Fsp3) is 0.500. The lowest BCUT2D eigenvalue weighted by Gasteiger charge is -2.19. The molecule has 1 aromatic rings. The first-order valence-electron chi connectivity index (χ1n) is 5.43. The number of ether oxygens (including phenoxy) is 1. The summed E-state index contributed by atoms with van der Waals surface area (Å²) in [5.41, 5.74) is 1.17. The van der Waals surface area contributed by atoms with Gasteiger partial charge in [0.25, 0.3) is 0 Å². The van der Waals surface area contributed by atoms with Crippen LogP contribution in [0.3, 0.4) is 0 Å². The molecule has 88 valence electrons. The van der Waals surface area contributed by atoms with Crippen LogP contribution in [0.1, 0.15) is 18.1 Å². The normalized spacial score (nSPS) is 24.9. The highest BCUT2D eigenvalue weighted by Crippen LogP contribution is 2.36. The standard InChI is InChI=1S/C12H15BrClNO/c1-15-7-9-4-5-16-12(9)8-2-3-10(13)11(14)6-8/h2-3,6,9,12,15H,4-5,7H2,1H3. The van der Waals surface area contributed by atoms with Crippen LogP contribution >= 0.6 is 27.5 Å². The van der Waals surface area contributed by atoms with Crippen LogP contribution in [0.25, 0.3) is 0 Å². The Hall–Kier alpha value is -0.0900. The van der Waals surface area contributed by atoms with E-state index in [4.69, 9.17) is 16.3 Å². The molecule has 1 fully saturated rings. The molecule has 1 aromatic carbocycles. The van der Waals surface area contributed by atoms with Crippen molar-refractivity contribution >= 4 is 27.5 Å². The Morgan fingerprint density at radius 2 is 2.38 bits per heavy atom. The van der Waals surface area contributed by atoms with E-state index in [1.165, 1.54) is 5.56 Å². The zero-order chi connectivity index (χ0) is 11.5. The molecule has 0 amide bonds. The van der Waals surface area contributed by atoms with Gasteiger partial charge >= 0.3 is 0 Å². The summed E-state index contributed by atoms with van der Waals surface area (Å²) < 4.78 is 6.72. The minimum Gasteiger partial charge on any atom is -0.373 e. The molecular formula is C12H15BrClNO. The van der Waals surface area contributed by atoms with E-state index >= 15 is 0 Å². The SMILES string of the molecule is CNCC1CCOC1c1ccc(Br)c(Cl)c1. The van der Waals surface area contributed by atoms with E-state index in [2.05, 4.69) is 27.3 Å². The lowest BCUT2D eigenvalue weighted by molar-refractivity contribution is 0.0910. The molecule has 2 rings (SSSR count). The van der Waals surface area contributed by atoms with Crippen LogP contribution in [-0.4, -0.2) is 20.2 Å². The smallest absolute Gasteiger partial charge is 0.0866 e. The molecule has 16 heavy (non-hydrogen) atoms. The first-order valence-corrected chi connectivity index (χ1v) is 6.60. The maximum absolute atomic E-state index is 6.10. The van der Waals surface area contributed by atoms with Crippen LogP contribution in [-0.2, 0) is 4.74 Å². The first kappa shape index (κ1) is 12.4. The molecule has 0 bridgehead atoms. The second-order valence-corrected chi connectivity index (χ2v) is 5.33. The Morgan fingerprint density at radius 1 is 1.56 bits per heavy atom. The van der Waals surface area contributed by atoms with E-state index in [1.807, 2.05) is 19.2 Å². The molecule has 1 aliphatic rings. The van der Waals surface area contributed by atoms with E-state index in [-0.39, 0.29) is 6.10 Å². The highest BCUT2D eigenvalue weighted by molar-refractivity contribution is 9.10. The van der Waals surface area contributed by atoms with Crippen LogP contribution < -0.4 is 5.32 Å². The summed E-state index contributed by atoms with van der Waals surface area (Å²) in [6.07, 6.45) is 1.29. The van der Waals surface area contributed by atoms with Gasteiger partial charge in [0.1, 0.15) is 0 Å². The summed E-state index contributed by atoms with van der Waals surface area (Å²) in [4.78, 5) is 0. The zero-order valence-corrected chi connectivity index (χ0v) is 11.5. The molecule has 0 saturated carbocycles. The van der Waals surface area contributed by atoms with Gasteiger partial charge in [-0.1, -0.05) is 17.7 Å². The maximum Gasteiger partial charge on any atom is 0.0866 e. The molecular weight excluding hydrogens is 289 g/mol. The predicted octanol–water partition coefficient (Wildman–Crippen LogP) is 3.40. The van der Waals surface area contributed by atoms with Gasteiger partial charge in [-0.3, -0.25) is 0 Å². The number of hydrogen-bond donors (Lipinski definition) is 1. The Bertz CT molecular complexity index is 372. The van der Waals surface area contributed by atoms with E-state index in [9.17, 15) is 0 Å². The van der Waals surface area contributed by atoms with Gasteiger partial charge in [0.05, 0.1) is 11.1 Å². The monoisotopic (exact) mass is 303 g/mol. The first-order chi connectivity index (χ1) is 7.72. The lowest BCUT2D eigenvalue weighted by atomic mass is 9.95. The minimum atomic E-state index is 0.179. The maximum atomic E-state index is 6.10. The summed E-state index contributed by atoms with van der Waals surface area (Å²) in [7, 11) is 1.98. The number of halogens is 2. The highest BCUT2D eigenvalue weighted by atomic mass is 79.9. The van der Waals surface area contributed by atoms with Crippen molar-refractivity contribution < 1.29 is 4.74 Å². The lowest BCUT2D eigenvalue weighted by Crippen LogP contribution is -2.21. The van der Waals surface area contributed by atoms with Crippen LogP contribution in [0.15, 0.2) is 22.7 Å². The van der Waals surface area contributed by atoms with Crippen molar-refractivity contribution in [3.8, 4) is 0 Å². The van der Waals surface area contributed by atoms with Crippen molar-refractivity contribution in [2.45, 2.75) is 12.5 Å². The minimum absolute atomic E-state index is 0.179. The van der Waals surface area contributed by atoms with Gasteiger partial charge in [-0.05, 0) is 47.1 Å². The van der Waals surface area contributed by atoms with E-state index in [0.717, 1.165) is 29.1 Å². The summed E-state index contributed by atoms with van der Waals surface area (Å²) in [5.74, 6) is 0.544. The van der Waals surface area contributed by atoms with Gasteiger partial charge in [-0.15, -0.1) is 0 Å². The summed E-state index contributed by atoms with van der Waals surface area (Å²) >= 11 is 9.50. The summed E-state index contributed by atoms with van der Waals surface area (Å²) in [6, 6.07) is 6.05. The molecule has 2 unspecified atom stereocenters. The molecule has 0 spiro atoms. The Morgan fingerprint density at radius 3 is 3.06 bits per heavy atom. The van der Waals surface area contributed by atoms with Crippen LogP contribution in [0.2, 0.25) is 5.02 Å². The van der Waals surface area contributed by atoms with Crippen molar-refractivity contribution in [3.05, 3.63) is 33.3 Å². The Labute approximate surface area is 109 Å². The van der Waals surface area contributed by atoms with Crippen molar-refractivity contribution in [3.63, 3.8) is 0 Å². The highest BCUT2D eigenvalue weighted by Gasteiger charge is 2.29. The van der Waals surface area contributed by atoms with Gasteiger partial charge in [0.2, 0.25) is 0 Å². The van der Waals surface area contributed by atoms with E-state index in [1.54, 1.807) is 0 Å². The number of rotatable bonds is 3. The second kappa shape index (κ2) is 5.50. The third kappa shape index (κ3) is 2.59. The van der Waals surface area contributed by atoms with E-state index < -0.39 is 0 Å². The van der Waals surface area contributed by atoms with Crippen LogP contribution in [0.4, 0.5) is 0 Å². The molecule has 2 atom stereocenters. The largest absolute Gasteiger partial charge is 0.373 e. The fourth-order valence-corrected chi connectivity index (χ4v) is 2.60. The number of nitrogens with one attached hydrogen (secondary N) is 1. The van der Waals surface area contributed by atoms with Crippen molar-refractivity contribution in [2.75, 3.05) is 20.2 Å². The number of hydrogen-bond acceptors (Lipinski definition) is 2. The summed E-state index contributed by atoms with van der Waals surface area (Å²) in [5, 5.41) is 3.96.